The number of ether oxygens (including phenoxy) is 2. The molecule has 0 aliphatic heterocycles. The van der Waals surface area contributed by atoms with E-state index in [0.717, 1.165) is 4.47 Å². The van der Waals surface area contributed by atoms with Crippen LogP contribution in [0.2, 0.25) is 0 Å². The fourth-order valence-corrected chi connectivity index (χ4v) is 2.58. The Labute approximate surface area is 143 Å². The Bertz CT molecular complexity index is 570. The zero-order valence-corrected chi connectivity index (χ0v) is 14.9. The number of nitrogens with one attached hydrogen (secondary N) is 1. The molecule has 0 aliphatic rings. The molecule has 1 N–H and O–H groups in total. The van der Waals surface area contributed by atoms with Crippen LogP contribution in [0.5, 0.6) is 0 Å². The van der Waals surface area contributed by atoms with E-state index in [9.17, 15) is 14.4 Å². The van der Waals surface area contributed by atoms with Crippen molar-refractivity contribution < 1.29 is 23.9 Å². The molecule has 1 rings (SSSR count). The lowest BCUT2D eigenvalue weighted by Crippen LogP contribution is -2.62. The topological polar surface area (TPSA) is 81.7 Å². The van der Waals surface area contributed by atoms with Crippen molar-refractivity contribution in [3.63, 3.8) is 0 Å². The van der Waals surface area contributed by atoms with Gasteiger partial charge < -0.3 is 14.8 Å². The molecule has 126 valence electrons. The summed E-state index contributed by atoms with van der Waals surface area (Å²) in [5.41, 5.74) is -1.23. The second-order valence-electron chi connectivity index (χ2n) is 4.83. The standard InChI is InChI=1S/C16H20BrNO5/c1-4-22-14(20)16(18-11(3)19,15(21)23-5-2)10-12-7-6-8-13(17)9-12/h6-9H,4-5,10H2,1-3H3,(H,18,19). The van der Waals surface area contributed by atoms with Crippen molar-refractivity contribution in [3.8, 4) is 0 Å². The number of esters is 2. The lowest BCUT2D eigenvalue weighted by Gasteiger charge is -2.29. The molecule has 0 aliphatic carbocycles. The van der Waals surface area contributed by atoms with Gasteiger partial charge in [0.25, 0.3) is 0 Å². The van der Waals surface area contributed by atoms with Gasteiger partial charge in [-0.15, -0.1) is 0 Å². The van der Waals surface area contributed by atoms with E-state index >= 15 is 0 Å². The minimum absolute atomic E-state index is 0.0658. The van der Waals surface area contributed by atoms with Crippen LogP contribution in [0.1, 0.15) is 26.3 Å². The average molecular weight is 386 g/mol. The molecule has 0 fully saturated rings. The largest absolute Gasteiger partial charge is 0.464 e. The number of benzene rings is 1. The van der Waals surface area contributed by atoms with Gasteiger partial charge in [0.15, 0.2) is 0 Å². The highest BCUT2D eigenvalue weighted by molar-refractivity contribution is 9.10. The highest BCUT2D eigenvalue weighted by Crippen LogP contribution is 2.21. The van der Waals surface area contributed by atoms with Gasteiger partial charge in [-0.05, 0) is 31.5 Å². The van der Waals surface area contributed by atoms with Crippen molar-refractivity contribution >= 4 is 33.8 Å². The van der Waals surface area contributed by atoms with Crippen LogP contribution in [0, 0.1) is 0 Å². The van der Waals surface area contributed by atoms with Crippen LogP contribution in [-0.2, 0) is 30.3 Å². The van der Waals surface area contributed by atoms with Gasteiger partial charge in [-0.25, -0.2) is 9.59 Å². The summed E-state index contributed by atoms with van der Waals surface area (Å²) >= 11 is 3.34. The highest BCUT2D eigenvalue weighted by atomic mass is 79.9. The van der Waals surface area contributed by atoms with E-state index in [2.05, 4.69) is 21.2 Å². The molecule has 23 heavy (non-hydrogen) atoms. The SMILES string of the molecule is CCOC(=O)C(Cc1cccc(Br)c1)(NC(C)=O)C(=O)OCC. The van der Waals surface area contributed by atoms with Crippen molar-refractivity contribution in [2.45, 2.75) is 32.7 Å². The molecule has 6 nitrogen and oxygen atoms in total. The minimum atomic E-state index is -1.90. The Balaban J connectivity index is 3.31. The average Bonchev–Trinajstić information content (AvgIpc) is 2.46. The van der Waals surface area contributed by atoms with E-state index in [4.69, 9.17) is 9.47 Å². The van der Waals surface area contributed by atoms with Gasteiger partial charge in [0.1, 0.15) is 0 Å². The summed E-state index contributed by atoms with van der Waals surface area (Å²) in [6, 6.07) is 7.10. The molecular formula is C16H20BrNO5. The lowest BCUT2D eigenvalue weighted by molar-refractivity contribution is -0.168. The van der Waals surface area contributed by atoms with Crippen LogP contribution in [0.25, 0.3) is 0 Å². The molecule has 7 heteroatoms. The van der Waals surface area contributed by atoms with Gasteiger partial charge in [0, 0.05) is 17.8 Å². The molecule has 0 aromatic heterocycles. The van der Waals surface area contributed by atoms with Gasteiger partial charge in [-0.2, -0.15) is 0 Å². The fraction of sp³-hybridized carbons (Fsp3) is 0.438. The quantitative estimate of drug-likeness (QED) is 0.573. The molecule has 1 aromatic carbocycles. The third kappa shape index (κ3) is 5.06. The highest BCUT2D eigenvalue weighted by Gasteiger charge is 2.50. The molecule has 0 saturated carbocycles. The lowest BCUT2D eigenvalue weighted by atomic mass is 9.90. The normalized spacial score (nSPS) is 10.8. The summed E-state index contributed by atoms with van der Waals surface area (Å²) in [5, 5.41) is 2.43. The number of carbonyl (C=O) groups excluding carboxylic acids is 3. The van der Waals surface area contributed by atoms with Gasteiger partial charge in [0.2, 0.25) is 11.4 Å². The van der Waals surface area contributed by atoms with Crippen LogP contribution >= 0.6 is 15.9 Å². The number of carbonyl (C=O) groups is 3. The van der Waals surface area contributed by atoms with Crippen molar-refractivity contribution in [3.05, 3.63) is 34.3 Å². The molecule has 0 heterocycles. The molecule has 0 spiro atoms. The van der Waals surface area contributed by atoms with Crippen LogP contribution in [0.4, 0.5) is 0 Å². The van der Waals surface area contributed by atoms with Gasteiger partial charge in [-0.3, -0.25) is 4.79 Å². The second kappa shape index (κ2) is 8.67. The summed E-state index contributed by atoms with van der Waals surface area (Å²) < 4.78 is 10.8. The van der Waals surface area contributed by atoms with Crippen molar-refractivity contribution in [2.24, 2.45) is 0 Å². The third-order valence-electron chi connectivity index (χ3n) is 3.00. The minimum Gasteiger partial charge on any atom is -0.464 e. The van der Waals surface area contributed by atoms with Crippen LogP contribution in [-0.4, -0.2) is 36.6 Å². The Morgan fingerprint density at radius 2 is 1.70 bits per heavy atom. The smallest absolute Gasteiger partial charge is 0.344 e. The van der Waals surface area contributed by atoms with Crippen molar-refractivity contribution in [1.82, 2.24) is 5.32 Å². The summed E-state index contributed by atoms with van der Waals surface area (Å²) in [6.07, 6.45) is -0.0658. The Kier molecular flexibility index (Phi) is 7.22. The number of halogens is 1. The Morgan fingerprint density at radius 3 is 2.13 bits per heavy atom. The molecule has 0 saturated heterocycles. The van der Waals surface area contributed by atoms with E-state index in [1.165, 1.54) is 6.92 Å². The monoisotopic (exact) mass is 385 g/mol. The predicted molar refractivity (Wildman–Crippen MR) is 87.7 cm³/mol. The van der Waals surface area contributed by atoms with Gasteiger partial charge >= 0.3 is 11.9 Å². The van der Waals surface area contributed by atoms with Crippen molar-refractivity contribution in [2.75, 3.05) is 13.2 Å². The first-order valence-electron chi connectivity index (χ1n) is 7.23. The maximum Gasteiger partial charge on any atom is 0.344 e. The van der Waals surface area contributed by atoms with Gasteiger partial charge in [-0.1, -0.05) is 28.1 Å². The van der Waals surface area contributed by atoms with E-state index in [0.29, 0.717) is 5.56 Å². The van der Waals surface area contributed by atoms with Crippen molar-refractivity contribution in [1.29, 1.82) is 0 Å². The summed E-state index contributed by atoms with van der Waals surface area (Å²) in [5.74, 6) is -2.21. The Hall–Kier alpha value is -1.89. The third-order valence-corrected chi connectivity index (χ3v) is 3.49. The number of amides is 1. The maximum absolute atomic E-state index is 12.5. The maximum atomic E-state index is 12.5. The summed E-state index contributed by atoms with van der Waals surface area (Å²) in [6.45, 7) is 4.64. The molecule has 0 atom stereocenters. The number of rotatable bonds is 7. The summed E-state index contributed by atoms with van der Waals surface area (Å²) in [4.78, 5) is 36.5. The fourth-order valence-electron chi connectivity index (χ4n) is 2.14. The molecule has 1 amide bonds. The number of hydrogen-bond donors (Lipinski definition) is 1. The zero-order chi connectivity index (χ0) is 17.5. The molecule has 0 bridgehead atoms. The Morgan fingerprint density at radius 1 is 1.13 bits per heavy atom. The first-order chi connectivity index (χ1) is 10.9. The first kappa shape index (κ1) is 19.2. The molecule has 1 aromatic rings. The molecule has 0 radical (unpaired) electrons. The van der Waals surface area contributed by atoms with Crippen LogP contribution in [0.15, 0.2) is 28.7 Å². The van der Waals surface area contributed by atoms with Gasteiger partial charge in [0.05, 0.1) is 13.2 Å². The predicted octanol–water partition coefficient (Wildman–Crippen LogP) is 1.99. The second-order valence-corrected chi connectivity index (χ2v) is 5.75. The first-order valence-corrected chi connectivity index (χ1v) is 8.02. The van der Waals surface area contributed by atoms with E-state index < -0.39 is 23.4 Å². The molecular weight excluding hydrogens is 366 g/mol. The van der Waals surface area contributed by atoms with E-state index in [1.54, 1.807) is 32.0 Å². The van der Waals surface area contributed by atoms with E-state index in [1.807, 2.05) is 6.07 Å². The summed E-state index contributed by atoms with van der Waals surface area (Å²) in [7, 11) is 0. The molecule has 0 unspecified atom stereocenters. The van der Waals surface area contributed by atoms with Crippen LogP contribution < -0.4 is 5.32 Å². The zero-order valence-electron chi connectivity index (χ0n) is 13.3. The van der Waals surface area contributed by atoms with Crippen LogP contribution in [0.3, 0.4) is 0 Å². The number of hydrogen-bond acceptors (Lipinski definition) is 5. The van der Waals surface area contributed by atoms with E-state index in [-0.39, 0.29) is 19.6 Å².